The Bertz CT molecular complexity index is 1440. The number of nitrogens with zero attached hydrogens (tertiary/aromatic N) is 1. The zero-order chi connectivity index (χ0) is 29.1. The van der Waals surface area contributed by atoms with Gasteiger partial charge in [0.05, 0.1) is 31.9 Å². The largest absolute Gasteiger partial charge is 0.494 e. The highest BCUT2D eigenvalue weighted by Crippen LogP contribution is 2.61. The maximum atomic E-state index is 12.6. The molecule has 0 amide bonds. The number of carbonyl (C=O) groups is 1. The van der Waals surface area contributed by atoms with Gasteiger partial charge in [-0.2, -0.15) is 0 Å². The number of hydrogen-bond acceptors (Lipinski definition) is 7. The van der Waals surface area contributed by atoms with Gasteiger partial charge in [0, 0.05) is 18.2 Å². The van der Waals surface area contributed by atoms with Crippen molar-refractivity contribution in [2.45, 2.75) is 53.1 Å². The van der Waals surface area contributed by atoms with Gasteiger partial charge in [-0.05, 0) is 104 Å². The molecule has 8 nitrogen and oxygen atoms in total. The van der Waals surface area contributed by atoms with E-state index in [0.717, 1.165) is 51.1 Å². The molecule has 0 bridgehead atoms. The average molecular weight is 580 g/mol. The van der Waals surface area contributed by atoms with Crippen molar-refractivity contribution in [1.29, 1.82) is 0 Å². The molecule has 2 aliphatic rings. The van der Waals surface area contributed by atoms with E-state index in [9.17, 15) is 14.5 Å². The van der Waals surface area contributed by atoms with E-state index in [1.807, 2.05) is 44.2 Å². The van der Waals surface area contributed by atoms with Gasteiger partial charge in [-0.15, -0.1) is 0 Å². The van der Waals surface area contributed by atoms with E-state index in [1.54, 1.807) is 6.20 Å². The SMILES string of the molecule is CCOP(=O)(CCCOc1cc(C)c(-c2cccc(COc3cc4c(cn3)[C@H]3[C@@H](C4)[C@@H]3C(=O)O)c2)c(C)c1)OCC. The van der Waals surface area contributed by atoms with Crippen molar-refractivity contribution in [2.24, 2.45) is 11.8 Å². The summed E-state index contributed by atoms with van der Waals surface area (Å²) in [5.41, 5.74) is 7.71. The molecule has 0 saturated heterocycles. The molecule has 0 spiro atoms. The molecule has 0 aliphatic heterocycles. The summed E-state index contributed by atoms with van der Waals surface area (Å²) in [7, 11) is -3.06. The molecular weight excluding hydrogens is 541 g/mol. The van der Waals surface area contributed by atoms with Gasteiger partial charge in [-0.25, -0.2) is 4.98 Å². The van der Waals surface area contributed by atoms with Crippen LogP contribution in [0, 0.1) is 25.7 Å². The molecule has 41 heavy (non-hydrogen) atoms. The van der Waals surface area contributed by atoms with E-state index in [0.29, 0.717) is 44.9 Å². The van der Waals surface area contributed by atoms with Gasteiger partial charge < -0.3 is 23.6 Å². The second kappa shape index (κ2) is 12.4. The number of rotatable bonds is 14. The summed E-state index contributed by atoms with van der Waals surface area (Å²) >= 11 is 0. The Labute approximate surface area is 241 Å². The first kappa shape index (κ1) is 29.3. The van der Waals surface area contributed by atoms with E-state index in [2.05, 4.69) is 31.0 Å². The summed E-state index contributed by atoms with van der Waals surface area (Å²) < 4.78 is 35.4. The molecule has 5 rings (SSSR count). The lowest BCUT2D eigenvalue weighted by atomic mass is 9.94. The molecule has 2 aromatic carbocycles. The Balaban J connectivity index is 1.19. The number of pyridine rings is 1. The number of aromatic nitrogens is 1. The summed E-state index contributed by atoms with van der Waals surface area (Å²) in [5, 5.41) is 9.33. The highest BCUT2D eigenvalue weighted by Gasteiger charge is 2.59. The van der Waals surface area contributed by atoms with Crippen LogP contribution < -0.4 is 9.47 Å². The molecule has 1 N–H and O–H groups in total. The summed E-state index contributed by atoms with van der Waals surface area (Å²) in [4.78, 5) is 15.8. The fourth-order valence-electron chi connectivity index (χ4n) is 6.13. The van der Waals surface area contributed by atoms with Crippen LogP contribution in [0.1, 0.15) is 54.0 Å². The minimum atomic E-state index is -3.06. The molecule has 0 radical (unpaired) electrons. The van der Waals surface area contributed by atoms with Crippen molar-refractivity contribution in [3.05, 3.63) is 76.5 Å². The zero-order valence-corrected chi connectivity index (χ0v) is 25.0. The molecule has 1 saturated carbocycles. The molecule has 3 atom stereocenters. The van der Waals surface area contributed by atoms with Crippen molar-refractivity contribution >= 4 is 13.6 Å². The molecule has 2 aliphatic carbocycles. The van der Waals surface area contributed by atoms with Crippen molar-refractivity contribution in [2.75, 3.05) is 26.0 Å². The van der Waals surface area contributed by atoms with E-state index in [-0.39, 0.29) is 17.8 Å². The summed E-state index contributed by atoms with van der Waals surface area (Å²) in [6, 6.07) is 14.3. The van der Waals surface area contributed by atoms with Gasteiger partial charge in [0.1, 0.15) is 12.4 Å². The molecule has 1 fully saturated rings. The zero-order valence-electron chi connectivity index (χ0n) is 24.1. The predicted octanol–water partition coefficient (Wildman–Crippen LogP) is 6.95. The molecular formula is C32H38NO7P. The van der Waals surface area contributed by atoms with Gasteiger partial charge in [-0.1, -0.05) is 18.2 Å². The van der Waals surface area contributed by atoms with Gasteiger partial charge >= 0.3 is 13.6 Å². The average Bonchev–Trinajstić information content (AvgIpc) is 3.52. The van der Waals surface area contributed by atoms with E-state index >= 15 is 0 Å². The van der Waals surface area contributed by atoms with Gasteiger partial charge in [0.2, 0.25) is 5.88 Å². The number of ether oxygens (including phenoxy) is 2. The topological polar surface area (TPSA) is 104 Å². The van der Waals surface area contributed by atoms with Crippen LogP contribution in [-0.2, 0) is 31.4 Å². The minimum absolute atomic E-state index is 0.114. The first-order valence-corrected chi connectivity index (χ1v) is 16.0. The van der Waals surface area contributed by atoms with Crippen LogP contribution in [0.25, 0.3) is 11.1 Å². The molecule has 218 valence electrons. The lowest BCUT2D eigenvalue weighted by Gasteiger charge is -2.17. The number of hydrogen-bond donors (Lipinski definition) is 1. The lowest BCUT2D eigenvalue weighted by Crippen LogP contribution is -2.06. The second-order valence-electron chi connectivity index (χ2n) is 10.8. The van der Waals surface area contributed by atoms with Crippen molar-refractivity contribution < 1.29 is 33.0 Å². The lowest BCUT2D eigenvalue weighted by molar-refractivity contribution is -0.139. The Morgan fingerprint density at radius 2 is 1.78 bits per heavy atom. The minimum Gasteiger partial charge on any atom is -0.494 e. The van der Waals surface area contributed by atoms with Gasteiger partial charge in [0.15, 0.2) is 0 Å². The van der Waals surface area contributed by atoms with Crippen molar-refractivity contribution in [1.82, 2.24) is 4.98 Å². The molecule has 9 heteroatoms. The van der Waals surface area contributed by atoms with Crippen LogP contribution in [-0.4, -0.2) is 42.0 Å². The Morgan fingerprint density at radius 3 is 2.46 bits per heavy atom. The molecule has 0 unspecified atom stereocenters. The highest BCUT2D eigenvalue weighted by molar-refractivity contribution is 7.53. The Kier molecular flexibility index (Phi) is 8.83. The summed E-state index contributed by atoms with van der Waals surface area (Å²) in [6.07, 6.45) is 3.47. The summed E-state index contributed by atoms with van der Waals surface area (Å²) in [5.74, 6) is 0.707. The smallest absolute Gasteiger partial charge is 0.330 e. The quantitative estimate of drug-likeness (QED) is 0.162. The fraction of sp³-hybridized carbons (Fsp3) is 0.438. The van der Waals surface area contributed by atoms with Gasteiger partial charge in [0.25, 0.3) is 0 Å². The van der Waals surface area contributed by atoms with Crippen LogP contribution in [0.4, 0.5) is 0 Å². The Morgan fingerprint density at radius 1 is 1.05 bits per heavy atom. The highest BCUT2D eigenvalue weighted by atomic mass is 31.2. The van der Waals surface area contributed by atoms with Crippen LogP contribution in [0.5, 0.6) is 11.6 Å². The third-order valence-electron chi connectivity index (χ3n) is 7.87. The number of aryl methyl sites for hydroxylation is 2. The van der Waals surface area contributed by atoms with Crippen LogP contribution in [0.2, 0.25) is 0 Å². The van der Waals surface area contributed by atoms with Gasteiger partial charge in [-0.3, -0.25) is 9.36 Å². The normalized spacial score (nSPS) is 19.0. The maximum absolute atomic E-state index is 12.6. The first-order chi connectivity index (χ1) is 19.7. The number of carboxylic acids is 1. The number of benzene rings is 2. The van der Waals surface area contributed by atoms with Crippen molar-refractivity contribution in [3.63, 3.8) is 0 Å². The molecule has 1 aromatic heterocycles. The fourth-order valence-corrected chi connectivity index (χ4v) is 7.76. The predicted molar refractivity (Wildman–Crippen MR) is 157 cm³/mol. The number of carboxylic acid groups (broad SMARTS) is 1. The third kappa shape index (κ3) is 6.50. The van der Waals surface area contributed by atoms with E-state index in [4.69, 9.17) is 18.5 Å². The molecule has 1 heterocycles. The first-order valence-electron chi connectivity index (χ1n) is 14.3. The molecule has 3 aromatic rings. The third-order valence-corrected chi connectivity index (χ3v) is 10.0. The summed E-state index contributed by atoms with van der Waals surface area (Å²) in [6.45, 7) is 9.29. The van der Waals surface area contributed by atoms with Crippen LogP contribution >= 0.6 is 7.60 Å². The number of aliphatic carboxylic acids is 1. The van der Waals surface area contributed by atoms with Crippen molar-refractivity contribution in [3.8, 4) is 22.8 Å². The van der Waals surface area contributed by atoms with E-state index < -0.39 is 13.6 Å². The standard InChI is InChI=1S/C32H38NO7P/c1-5-39-41(36,40-6-2)12-8-11-37-25-13-20(3)29(21(4)14-25)23-10-7-9-22(15-23)19-38-28-17-24-16-26-30(27(24)18-33-28)31(26)32(34)35/h7,9-10,13-15,17-18,26,30-31H,5-6,8,11-12,16,19H2,1-4H3,(H,34,35)/t26-,30-,31+/m1/s1. The Hall–Kier alpha value is -3.19. The maximum Gasteiger partial charge on any atom is 0.330 e. The monoisotopic (exact) mass is 579 g/mol. The van der Waals surface area contributed by atoms with Crippen LogP contribution in [0.15, 0.2) is 48.7 Å². The van der Waals surface area contributed by atoms with Crippen LogP contribution in [0.3, 0.4) is 0 Å². The number of fused-ring (bicyclic) bond motifs is 3. The van der Waals surface area contributed by atoms with E-state index in [1.165, 1.54) is 0 Å². The second-order valence-corrected chi connectivity index (χ2v) is 13.0.